The van der Waals surface area contributed by atoms with Gasteiger partial charge in [-0.2, -0.15) is 0 Å². The molecule has 0 fully saturated rings. The molecule has 0 aliphatic carbocycles. The van der Waals surface area contributed by atoms with Crippen LogP contribution in [0.3, 0.4) is 0 Å². The fourth-order valence-electron chi connectivity index (χ4n) is 2.61. The highest BCUT2D eigenvalue weighted by Crippen LogP contribution is 2.17. The SMILES string of the molecule is C[C@H](CNC(=O)OC(C)(C)C)Cc1ccccc1CCC[C@@H](C)O. The Balaban J connectivity index is 2.48. The standard InChI is InChI=1S/C20H33NO3/c1-15(14-21-19(23)24-20(3,4)5)13-18-11-7-6-10-17(18)12-8-9-16(2)22/h6-7,10-11,15-16,22H,8-9,12-14H2,1-5H3,(H,21,23)/t15-,16+/m0/s1. The topological polar surface area (TPSA) is 58.6 Å². The van der Waals surface area contributed by atoms with E-state index >= 15 is 0 Å². The van der Waals surface area contributed by atoms with Gasteiger partial charge in [0.2, 0.25) is 0 Å². The maximum atomic E-state index is 11.7. The first-order valence-electron chi connectivity index (χ1n) is 8.89. The predicted octanol–water partition coefficient (Wildman–Crippen LogP) is 4.09. The van der Waals surface area contributed by atoms with Crippen LogP contribution in [0.5, 0.6) is 0 Å². The number of aryl methyl sites for hydroxylation is 1. The van der Waals surface area contributed by atoms with E-state index < -0.39 is 5.60 Å². The number of nitrogens with one attached hydrogen (secondary N) is 1. The Kier molecular flexibility index (Phi) is 8.26. The van der Waals surface area contributed by atoms with Gasteiger partial charge in [0.05, 0.1) is 6.10 Å². The summed E-state index contributed by atoms with van der Waals surface area (Å²) in [7, 11) is 0. The number of ether oxygens (including phenoxy) is 1. The number of aliphatic hydroxyl groups is 1. The number of carbonyl (C=O) groups excluding carboxylic acids is 1. The lowest BCUT2D eigenvalue weighted by Gasteiger charge is -2.21. The molecule has 0 heterocycles. The van der Waals surface area contributed by atoms with Crippen LogP contribution < -0.4 is 5.32 Å². The molecule has 0 aliphatic heterocycles. The minimum Gasteiger partial charge on any atom is -0.444 e. The molecule has 0 spiro atoms. The quantitative estimate of drug-likeness (QED) is 0.752. The third kappa shape index (κ3) is 8.92. The number of aliphatic hydroxyl groups excluding tert-OH is 1. The smallest absolute Gasteiger partial charge is 0.407 e. The number of alkyl carbamates (subject to hydrolysis) is 1. The van der Waals surface area contributed by atoms with Crippen LogP contribution in [0, 0.1) is 5.92 Å². The number of hydrogen-bond acceptors (Lipinski definition) is 3. The van der Waals surface area contributed by atoms with Crippen LogP contribution in [-0.4, -0.2) is 29.4 Å². The van der Waals surface area contributed by atoms with Gasteiger partial charge in [0.25, 0.3) is 0 Å². The molecule has 4 heteroatoms. The van der Waals surface area contributed by atoms with Crippen molar-refractivity contribution in [3.05, 3.63) is 35.4 Å². The van der Waals surface area contributed by atoms with Gasteiger partial charge < -0.3 is 15.2 Å². The van der Waals surface area contributed by atoms with Crippen molar-refractivity contribution in [1.29, 1.82) is 0 Å². The lowest BCUT2D eigenvalue weighted by molar-refractivity contribution is 0.0520. The molecule has 1 amide bonds. The van der Waals surface area contributed by atoms with Crippen molar-refractivity contribution in [2.24, 2.45) is 5.92 Å². The van der Waals surface area contributed by atoms with Crippen molar-refractivity contribution in [2.45, 2.75) is 72.0 Å². The van der Waals surface area contributed by atoms with E-state index in [9.17, 15) is 9.90 Å². The molecule has 0 saturated heterocycles. The Morgan fingerprint density at radius 1 is 1.21 bits per heavy atom. The predicted molar refractivity (Wildman–Crippen MR) is 98.2 cm³/mol. The fourth-order valence-corrected chi connectivity index (χ4v) is 2.61. The van der Waals surface area contributed by atoms with E-state index in [1.807, 2.05) is 27.7 Å². The van der Waals surface area contributed by atoms with Gasteiger partial charge in [-0.3, -0.25) is 0 Å². The van der Waals surface area contributed by atoms with Gasteiger partial charge in [0, 0.05) is 6.54 Å². The summed E-state index contributed by atoms with van der Waals surface area (Å²) < 4.78 is 5.26. The summed E-state index contributed by atoms with van der Waals surface area (Å²) in [6.07, 6.45) is 3.10. The molecule has 0 saturated carbocycles. The molecule has 0 unspecified atom stereocenters. The van der Waals surface area contributed by atoms with E-state index in [4.69, 9.17) is 4.74 Å². The number of carbonyl (C=O) groups is 1. The zero-order valence-corrected chi connectivity index (χ0v) is 15.8. The normalized spacial score (nSPS) is 14.1. The highest BCUT2D eigenvalue weighted by Gasteiger charge is 2.16. The number of benzene rings is 1. The maximum absolute atomic E-state index is 11.7. The summed E-state index contributed by atoms with van der Waals surface area (Å²) in [4.78, 5) is 11.7. The van der Waals surface area contributed by atoms with Crippen LogP contribution in [0.1, 0.15) is 58.6 Å². The Morgan fingerprint density at radius 3 is 2.42 bits per heavy atom. The van der Waals surface area contributed by atoms with Gasteiger partial charge in [-0.25, -0.2) is 4.79 Å². The summed E-state index contributed by atoms with van der Waals surface area (Å²) in [5.74, 6) is 0.329. The van der Waals surface area contributed by atoms with Gasteiger partial charge in [0.15, 0.2) is 0 Å². The summed E-state index contributed by atoms with van der Waals surface area (Å²) in [5, 5.41) is 12.2. The molecule has 0 aliphatic rings. The molecule has 24 heavy (non-hydrogen) atoms. The van der Waals surface area contributed by atoms with E-state index in [0.29, 0.717) is 12.5 Å². The molecule has 1 aromatic carbocycles. The largest absolute Gasteiger partial charge is 0.444 e. The van der Waals surface area contributed by atoms with Crippen molar-refractivity contribution in [2.75, 3.05) is 6.54 Å². The number of rotatable bonds is 8. The van der Waals surface area contributed by atoms with Crippen LogP contribution in [0.25, 0.3) is 0 Å². The molecule has 2 atom stereocenters. The summed E-state index contributed by atoms with van der Waals surface area (Å²) >= 11 is 0. The molecule has 136 valence electrons. The van der Waals surface area contributed by atoms with Gasteiger partial charge in [-0.1, -0.05) is 31.2 Å². The maximum Gasteiger partial charge on any atom is 0.407 e. The fraction of sp³-hybridized carbons (Fsp3) is 0.650. The summed E-state index contributed by atoms with van der Waals surface area (Å²) in [5.41, 5.74) is 2.19. The van der Waals surface area contributed by atoms with E-state index in [-0.39, 0.29) is 12.2 Å². The Bertz CT molecular complexity index is 506. The van der Waals surface area contributed by atoms with Crippen molar-refractivity contribution in [1.82, 2.24) is 5.32 Å². The highest BCUT2D eigenvalue weighted by atomic mass is 16.6. The molecular formula is C20H33NO3. The first-order chi connectivity index (χ1) is 11.2. The van der Waals surface area contributed by atoms with Crippen molar-refractivity contribution < 1.29 is 14.6 Å². The lowest BCUT2D eigenvalue weighted by atomic mass is 9.94. The van der Waals surface area contributed by atoms with E-state index in [1.165, 1.54) is 11.1 Å². The van der Waals surface area contributed by atoms with Crippen LogP contribution in [0.4, 0.5) is 4.79 Å². The Morgan fingerprint density at radius 2 is 1.83 bits per heavy atom. The second-order valence-corrected chi connectivity index (χ2v) is 7.70. The minimum absolute atomic E-state index is 0.242. The van der Waals surface area contributed by atoms with Crippen LogP contribution >= 0.6 is 0 Å². The molecule has 4 nitrogen and oxygen atoms in total. The molecular weight excluding hydrogens is 302 g/mol. The van der Waals surface area contributed by atoms with Crippen molar-refractivity contribution in [3.8, 4) is 0 Å². The van der Waals surface area contributed by atoms with Crippen LogP contribution in [-0.2, 0) is 17.6 Å². The van der Waals surface area contributed by atoms with Crippen molar-refractivity contribution >= 4 is 6.09 Å². The number of amides is 1. The van der Waals surface area contributed by atoms with Gasteiger partial charge in [0.1, 0.15) is 5.60 Å². The summed E-state index contributed by atoms with van der Waals surface area (Å²) in [6, 6.07) is 8.43. The van der Waals surface area contributed by atoms with Gasteiger partial charge in [-0.15, -0.1) is 0 Å². The Labute approximate surface area is 146 Å². The first-order valence-corrected chi connectivity index (χ1v) is 8.89. The first kappa shape index (κ1) is 20.5. The average molecular weight is 335 g/mol. The average Bonchev–Trinajstić information content (AvgIpc) is 2.45. The molecule has 1 rings (SSSR count). The number of hydrogen-bond donors (Lipinski definition) is 2. The molecule has 0 radical (unpaired) electrons. The third-order valence-corrected chi connectivity index (χ3v) is 3.75. The molecule has 2 N–H and O–H groups in total. The van der Waals surface area contributed by atoms with E-state index in [0.717, 1.165) is 25.7 Å². The second kappa shape index (κ2) is 9.67. The zero-order valence-electron chi connectivity index (χ0n) is 15.8. The third-order valence-electron chi connectivity index (χ3n) is 3.75. The minimum atomic E-state index is -0.468. The second-order valence-electron chi connectivity index (χ2n) is 7.70. The lowest BCUT2D eigenvalue weighted by Crippen LogP contribution is -2.35. The van der Waals surface area contributed by atoms with Crippen molar-refractivity contribution in [3.63, 3.8) is 0 Å². The van der Waals surface area contributed by atoms with Gasteiger partial charge in [-0.05, 0) is 70.4 Å². The molecule has 0 aromatic heterocycles. The molecule has 0 bridgehead atoms. The zero-order chi connectivity index (χ0) is 18.2. The molecule has 1 aromatic rings. The Hall–Kier alpha value is -1.55. The van der Waals surface area contributed by atoms with E-state index in [1.54, 1.807) is 0 Å². The van der Waals surface area contributed by atoms with Crippen LogP contribution in [0.2, 0.25) is 0 Å². The van der Waals surface area contributed by atoms with E-state index in [2.05, 4.69) is 36.5 Å². The monoisotopic (exact) mass is 335 g/mol. The van der Waals surface area contributed by atoms with Crippen LogP contribution in [0.15, 0.2) is 24.3 Å². The summed E-state index contributed by atoms with van der Waals surface area (Å²) in [6.45, 7) is 10.1. The van der Waals surface area contributed by atoms with Gasteiger partial charge >= 0.3 is 6.09 Å². The highest BCUT2D eigenvalue weighted by molar-refractivity contribution is 5.67.